The summed E-state index contributed by atoms with van der Waals surface area (Å²) in [5.41, 5.74) is 1.13. The summed E-state index contributed by atoms with van der Waals surface area (Å²) in [5.74, 6) is 0. The van der Waals surface area contributed by atoms with E-state index < -0.39 is 10.1 Å². The van der Waals surface area contributed by atoms with Crippen LogP contribution in [0.4, 0.5) is 0 Å². The second-order valence-electron chi connectivity index (χ2n) is 14.2. The van der Waals surface area contributed by atoms with Gasteiger partial charge in [-0.3, -0.25) is 4.55 Å². The molecule has 4 nitrogen and oxygen atoms in total. The predicted molar refractivity (Wildman–Crippen MR) is 208 cm³/mol. The largest absolute Gasteiger partial charge is 0.303 e. The Balaban J connectivity index is 0.000000907. The highest BCUT2D eigenvalue weighted by Gasteiger charge is 2.08. The van der Waals surface area contributed by atoms with Crippen molar-refractivity contribution in [1.82, 2.24) is 4.90 Å². The molecule has 0 aliphatic heterocycles. The maximum Gasteiger partial charge on any atom is 0.294 e. The van der Waals surface area contributed by atoms with Crippen molar-refractivity contribution in [1.29, 1.82) is 0 Å². The van der Waals surface area contributed by atoms with E-state index in [-0.39, 0.29) is 4.90 Å². The average Bonchev–Trinajstić information content (AvgIpc) is 3.06. The normalized spacial score (nSPS) is 11.6. The first-order valence-electron chi connectivity index (χ1n) is 20.7. The summed E-state index contributed by atoms with van der Waals surface area (Å²) < 4.78 is 30.8. The predicted octanol–water partition coefficient (Wildman–Crippen LogP) is 13.8. The summed E-state index contributed by atoms with van der Waals surface area (Å²) in [6.07, 6.45) is 39.8. The Labute approximate surface area is 295 Å². The zero-order valence-electron chi connectivity index (χ0n) is 32.1. The van der Waals surface area contributed by atoms with E-state index in [9.17, 15) is 8.42 Å². The molecule has 0 aromatic heterocycles. The van der Waals surface area contributed by atoms with Gasteiger partial charge >= 0.3 is 0 Å². The van der Waals surface area contributed by atoms with E-state index in [2.05, 4.69) is 32.6 Å². The molecule has 0 spiro atoms. The first-order valence-corrected chi connectivity index (χ1v) is 22.1. The van der Waals surface area contributed by atoms with Crippen LogP contribution in [0.3, 0.4) is 0 Å². The molecule has 278 valence electrons. The van der Waals surface area contributed by atoms with Crippen LogP contribution in [0.15, 0.2) is 29.2 Å². The molecule has 0 aliphatic carbocycles. The molecule has 0 saturated carbocycles. The lowest BCUT2D eigenvalue weighted by atomic mass is 10.0. The van der Waals surface area contributed by atoms with Crippen LogP contribution in [0.25, 0.3) is 0 Å². The smallest absolute Gasteiger partial charge is 0.294 e. The second-order valence-corrected chi connectivity index (χ2v) is 15.6. The van der Waals surface area contributed by atoms with Crippen molar-refractivity contribution < 1.29 is 13.0 Å². The Hall–Kier alpha value is -0.910. The van der Waals surface area contributed by atoms with E-state index in [1.54, 1.807) is 12.1 Å². The molecule has 47 heavy (non-hydrogen) atoms. The molecular weight excluding hydrogens is 599 g/mol. The van der Waals surface area contributed by atoms with Crippen molar-refractivity contribution in [3.05, 3.63) is 29.8 Å². The van der Waals surface area contributed by atoms with Gasteiger partial charge < -0.3 is 4.90 Å². The second kappa shape index (κ2) is 34.9. The Morgan fingerprint density at radius 3 is 1.00 bits per heavy atom. The molecule has 0 amide bonds. The quantitative estimate of drug-likeness (QED) is 0.0593. The van der Waals surface area contributed by atoms with Crippen molar-refractivity contribution in [2.24, 2.45) is 0 Å². The summed E-state index contributed by atoms with van der Waals surface area (Å²) in [7, 11) is -4.06. The third-order valence-corrected chi connectivity index (χ3v) is 10.4. The Bertz CT molecular complexity index is 817. The maximum atomic E-state index is 10.9. The lowest BCUT2D eigenvalue weighted by Crippen LogP contribution is -2.27. The molecular formula is C42H81NO3S. The van der Waals surface area contributed by atoms with Gasteiger partial charge in [0.25, 0.3) is 10.1 Å². The van der Waals surface area contributed by atoms with Crippen molar-refractivity contribution in [3.63, 3.8) is 0 Å². The Morgan fingerprint density at radius 1 is 0.426 bits per heavy atom. The molecule has 1 aromatic rings. The standard InChI is InChI=1S/C24H51N.C18H30O3S/c1-4-7-10-13-16-19-22-25(23-20-17-14-11-8-5-2)24-21-18-15-12-9-6-3;1-2-3-4-5-6-7-8-9-10-11-12-17-13-15-18(16-14-17)22(19,20)21/h4-24H2,1-3H3;13-16H,2-12H2,1H3,(H,19,20,21). The van der Waals surface area contributed by atoms with Crippen LogP contribution in [0.1, 0.15) is 213 Å². The van der Waals surface area contributed by atoms with Gasteiger partial charge in [-0.15, -0.1) is 0 Å². The summed E-state index contributed by atoms with van der Waals surface area (Å²) in [6, 6.07) is 6.52. The molecule has 0 bridgehead atoms. The van der Waals surface area contributed by atoms with E-state index in [1.165, 1.54) is 205 Å². The maximum absolute atomic E-state index is 10.9. The molecule has 0 atom stereocenters. The van der Waals surface area contributed by atoms with Gasteiger partial charge in [0.05, 0.1) is 4.90 Å². The van der Waals surface area contributed by atoms with Gasteiger partial charge in [-0.2, -0.15) is 8.42 Å². The molecule has 0 radical (unpaired) electrons. The number of benzene rings is 1. The summed E-state index contributed by atoms with van der Waals surface area (Å²) in [6.45, 7) is 13.2. The SMILES string of the molecule is CCCCCCCCCCCCc1ccc(S(=O)(=O)O)cc1.CCCCCCCCN(CCCCCCCC)CCCCCCCC. The summed E-state index contributed by atoms with van der Waals surface area (Å²) >= 11 is 0. The van der Waals surface area contributed by atoms with Gasteiger partial charge in [0.1, 0.15) is 0 Å². The van der Waals surface area contributed by atoms with Crippen LogP contribution in [0.2, 0.25) is 0 Å². The van der Waals surface area contributed by atoms with Crippen molar-refractivity contribution in [3.8, 4) is 0 Å². The molecule has 0 aliphatic rings. The third kappa shape index (κ3) is 32.1. The number of hydrogen-bond donors (Lipinski definition) is 1. The average molecular weight is 680 g/mol. The highest BCUT2D eigenvalue weighted by molar-refractivity contribution is 7.85. The van der Waals surface area contributed by atoms with Crippen LogP contribution < -0.4 is 0 Å². The number of aryl methyl sites for hydroxylation is 1. The molecule has 5 heteroatoms. The van der Waals surface area contributed by atoms with Gasteiger partial charge in [0.2, 0.25) is 0 Å². The van der Waals surface area contributed by atoms with E-state index in [0.717, 1.165) is 18.4 Å². The van der Waals surface area contributed by atoms with Gasteiger partial charge in [0, 0.05) is 0 Å². The molecule has 0 fully saturated rings. The molecule has 1 N–H and O–H groups in total. The van der Waals surface area contributed by atoms with Gasteiger partial charge in [0.15, 0.2) is 0 Å². The number of rotatable bonds is 33. The van der Waals surface area contributed by atoms with E-state index in [4.69, 9.17) is 4.55 Å². The molecule has 0 heterocycles. The fraction of sp³-hybridized carbons (Fsp3) is 0.857. The fourth-order valence-electron chi connectivity index (χ4n) is 6.33. The Kier molecular flexibility index (Phi) is 34.3. The first-order chi connectivity index (χ1) is 22.9. The number of hydrogen-bond acceptors (Lipinski definition) is 3. The number of nitrogens with zero attached hydrogens (tertiary/aromatic N) is 1. The van der Waals surface area contributed by atoms with E-state index >= 15 is 0 Å². The molecule has 1 rings (SSSR count). The van der Waals surface area contributed by atoms with Crippen molar-refractivity contribution in [2.75, 3.05) is 19.6 Å². The Morgan fingerprint density at radius 2 is 0.702 bits per heavy atom. The summed E-state index contributed by atoms with van der Waals surface area (Å²) in [5, 5.41) is 0. The van der Waals surface area contributed by atoms with Crippen LogP contribution in [0, 0.1) is 0 Å². The van der Waals surface area contributed by atoms with Crippen LogP contribution >= 0.6 is 0 Å². The minimum atomic E-state index is -4.06. The molecule has 0 unspecified atom stereocenters. The van der Waals surface area contributed by atoms with Crippen LogP contribution in [-0.4, -0.2) is 37.5 Å². The lowest BCUT2D eigenvalue weighted by Gasteiger charge is -2.22. The van der Waals surface area contributed by atoms with Gasteiger partial charge in [-0.25, -0.2) is 0 Å². The zero-order valence-corrected chi connectivity index (χ0v) is 32.9. The zero-order chi connectivity index (χ0) is 34.7. The number of unbranched alkanes of at least 4 members (excludes halogenated alkanes) is 24. The first kappa shape index (κ1) is 46.1. The highest BCUT2D eigenvalue weighted by atomic mass is 32.2. The minimum absolute atomic E-state index is 0.0284. The van der Waals surface area contributed by atoms with Crippen LogP contribution in [-0.2, 0) is 16.5 Å². The van der Waals surface area contributed by atoms with E-state index in [1.807, 2.05) is 0 Å². The molecule has 1 aromatic carbocycles. The van der Waals surface area contributed by atoms with Gasteiger partial charge in [-0.1, -0.05) is 194 Å². The summed E-state index contributed by atoms with van der Waals surface area (Å²) in [4.78, 5) is 2.76. The topological polar surface area (TPSA) is 57.6 Å². The van der Waals surface area contributed by atoms with Crippen molar-refractivity contribution >= 4 is 10.1 Å². The van der Waals surface area contributed by atoms with E-state index in [0.29, 0.717) is 0 Å². The lowest BCUT2D eigenvalue weighted by molar-refractivity contribution is 0.254. The van der Waals surface area contributed by atoms with Gasteiger partial charge in [-0.05, 0) is 69.4 Å². The molecule has 0 saturated heterocycles. The monoisotopic (exact) mass is 680 g/mol. The van der Waals surface area contributed by atoms with Crippen molar-refractivity contribution in [2.45, 2.75) is 219 Å². The fourth-order valence-corrected chi connectivity index (χ4v) is 6.81. The van der Waals surface area contributed by atoms with Crippen LogP contribution in [0.5, 0.6) is 0 Å². The third-order valence-electron chi connectivity index (χ3n) is 9.52. The minimum Gasteiger partial charge on any atom is -0.303 e. The highest BCUT2D eigenvalue weighted by Crippen LogP contribution is 2.15.